The van der Waals surface area contributed by atoms with Crippen molar-refractivity contribution in [2.75, 3.05) is 9.80 Å². The average Bonchev–Trinajstić information content (AvgIpc) is 4.04. The molecule has 15 rings (SSSR count). The Morgan fingerprint density at radius 2 is 1.25 bits per heavy atom. The number of nitrogens with zero attached hydrogens (tertiary/aromatic N) is 2. The van der Waals surface area contributed by atoms with E-state index < -0.39 is 0 Å². The van der Waals surface area contributed by atoms with Crippen molar-refractivity contribution in [3.05, 3.63) is 251 Å². The molecular weight excluding hydrogens is 1010 g/mol. The minimum atomic E-state index is 0.140. The Hall–Kier alpha value is -8.60. The predicted octanol–water partition coefficient (Wildman–Crippen LogP) is 22.7. The first-order chi connectivity index (χ1) is 41.0. The lowest BCUT2D eigenvalue weighted by molar-refractivity contribution is 0.393. The highest BCUT2D eigenvalue weighted by Crippen LogP contribution is 2.53. The third-order valence-corrected chi connectivity index (χ3v) is 19.6. The van der Waals surface area contributed by atoms with E-state index in [0.29, 0.717) is 11.8 Å². The Kier molecular flexibility index (Phi) is 13.4. The van der Waals surface area contributed by atoms with Crippen molar-refractivity contribution in [2.24, 2.45) is 5.92 Å². The van der Waals surface area contributed by atoms with Crippen molar-refractivity contribution in [2.45, 2.75) is 115 Å². The van der Waals surface area contributed by atoms with Gasteiger partial charge in [0.1, 0.15) is 11.5 Å². The number of benzene rings is 9. The van der Waals surface area contributed by atoms with Crippen LogP contribution in [0.3, 0.4) is 0 Å². The van der Waals surface area contributed by atoms with Gasteiger partial charge in [-0.15, -0.1) is 0 Å². The fraction of sp³-hybridized carbons (Fsp3) is 0.241. The molecule has 5 aliphatic rings. The van der Waals surface area contributed by atoms with Crippen molar-refractivity contribution in [1.29, 1.82) is 0 Å². The van der Waals surface area contributed by atoms with Crippen molar-refractivity contribution >= 4 is 83.4 Å². The van der Waals surface area contributed by atoms with Crippen molar-refractivity contribution in [3.8, 4) is 16.9 Å². The first kappa shape index (κ1) is 51.3. The van der Waals surface area contributed by atoms with Gasteiger partial charge in [0.05, 0.1) is 22.7 Å². The third-order valence-electron chi connectivity index (χ3n) is 19.6. The lowest BCUT2D eigenvalue weighted by atomic mass is 9.80. The monoisotopic (exact) mass is 1080 g/mol. The molecule has 4 nitrogen and oxygen atoms in total. The Bertz CT molecular complexity index is 4320. The van der Waals surface area contributed by atoms with Crippen LogP contribution in [0.5, 0.6) is 5.75 Å². The van der Waals surface area contributed by atoms with Gasteiger partial charge >= 0.3 is 0 Å². The van der Waals surface area contributed by atoms with Crippen molar-refractivity contribution < 1.29 is 9.52 Å². The summed E-state index contributed by atoms with van der Waals surface area (Å²) in [5, 5.41) is 21.3. The molecule has 10 aromatic rings. The Morgan fingerprint density at radius 3 is 1.99 bits per heavy atom. The van der Waals surface area contributed by atoms with E-state index in [1.165, 1.54) is 125 Å². The second-order valence-corrected chi connectivity index (χ2v) is 24.3. The number of hydrogen-bond donors (Lipinski definition) is 1. The zero-order valence-corrected chi connectivity index (χ0v) is 47.8. The molecular formula is C79H72N2O2. The molecule has 0 aliphatic heterocycles. The maximum Gasteiger partial charge on any atom is 0.158 e. The Labute approximate surface area is 489 Å². The molecule has 9 aromatic carbocycles. The topological polar surface area (TPSA) is 39.9 Å². The van der Waals surface area contributed by atoms with Gasteiger partial charge in [0.2, 0.25) is 0 Å². The molecule has 2 saturated carbocycles. The van der Waals surface area contributed by atoms with E-state index in [9.17, 15) is 5.11 Å². The summed E-state index contributed by atoms with van der Waals surface area (Å²) in [5.41, 5.74) is 19.4. The molecule has 1 atom stereocenters. The minimum absolute atomic E-state index is 0.140. The highest BCUT2D eigenvalue weighted by Gasteiger charge is 2.32. The number of para-hydroxylation sites is 2. The van der Waals surface area contributed by atoms with Crippen LogP contribution < -0.4 is 9.80 Å². The van der Waals surface area contributed by atoms with E-state index in [1.54, 1.807) is 5.57 Å². The Morgan fingerprint density at radius 1 is 0.566 bits per heavy atom. The quantitative estimate of drug-likeness (QED) is 0.124. The number of anilines is 5. The molecule has 410 valence electrons. The number of furan rings is 1. The number of phenolic OH excluding ortho intramolecular Hbond substituents is 1. The average molecular weight is 1080 g/mol. The minimum Gasteiger partial charge on any atom is -0.505 e. The van der Waals surface area contributed by atoms with Gasteiger partial charge in [0, 0.05) is 44.6 Å². The molecule has 1 heterocycles. The van der Waals surface area contributed by atoms with Gasteiger partial charge < -0.3 is 19.3 Å². The second kappa shape index (κ2) is 21.6. The Balaban J connectivity index is 0.912. The largest absolute Gasteiger partial charge is 0.505 e. The standard InChI is InChI=1S/C79H72N2O2/c1-3-52-19-11-13-27-64(52)59-24-14-25-60(50-59)65-28-16-32-73(77(65)82)80(61-42-34-55(35-43-61)53-20-6-4-7-21-53)71-48-40-57-39-47-70-72(49-41-58-38-46-69(71)75(57)76(58)70)81(62-44-36-56(37-45-62)54-22-8-5-9-23-54)74-33-17-31-68-67-30-15-29-66(78(67)83-79(68)74)63-26-12-10-18-51(63)2/h3,10-12,14-19,24-26,28,30-36,38-44,46-50,53-54,66,82H,1,4-9,13,20-23,27,29,37,45H2,2H3. The summed E-state index contributed by atoms with van der Waals surface area (Å²) < 4.78 is 7.37. The number of allylic oxidation sites excluding steroid dienone is 10. The molecule has 0 amide bonds. The number of aromatic hydroxyl groups is 1. The van der Waals surface area contributed by atoms with Gasteiger partial charge in [-0.2, -0.15) is 0 Å². The van der Waals surface area contributed by atoms with Crippen molar-refractivity contribution in [1.82, 2.24) is 0 Å². The zero-order valence-electron chi connectivity index (χ0n) is 47.8. The number of fused-ring (bicyclic) bond motifs is 3. The summed E-state index contributed by atoms with van der Waals surface area (Å²) >= 11 is 0. The number of hydrogen-bond acceptors (Lipinski definition) is 4. The van der Waals surface area contributed by atoms with Crippen LogP contribution in [0.4, 0.5) is 28.4 Å². The summed E-state index contributed by atoms with van der Waals surface area (Å²) in [4.78, 5) is 4.88. The van der Waals surface area contributed by atoms with Crippen LogP contribution >= 0.6 is 0 Å². The van der Waals surface area contributed by atoms with Crippen LogP contribution in [0.25, 0.3) is 66.1 Å². The van der Waals surface area contributed by atoms with Gasteiger partial charge in [-0.05, 0) is 186 Å². The molecule has 0 bridgehead atoms. The molecule has 1 unspecified atom stereocenters. The smallest absolute Gasteiger partial charge is 0.158 e. The van der Waals surface area contributed by atoms with E-state index in [1.807, 2.05) is 6.08 Å². The first-order valence-corrected chi connectivity index (χ1v) is 31.0. The predicted molar refractivity (Wildman–Crippen MR) is 350 cm³/mol. The van der Waals surface area contributed by atoms with Crippen LogP contribution in [-0.2, 0) is 0 Å². The maximum absolute atomic E-state index is 13.0. The summed E-state index contributed by atoms with van der Waals surface area (Å²) in [6.45, 7) is 6.38. The van der Waals surface area contributed by atoms with Gasteiger partial charge in [0.25, 0.3) is 0 Å². The lowest BCUT2D eigenvalue weighted by Gasteiger charge is -2.33. The summed E-state index contributed by atoms with van der Waals surface area (Å²) in [5.74, 6) is 2.71. The van der Waals surface area contributed by atoms with Crippen LogP contribution in [0, 0.1) is 12.8 Å². The van der Waals surface area contributed by atoms with E-state index in [0.717, 1.165) is 105 Å². The lowest BCUT2D eigenvalue weighted by Crippen LogP contribution is -2.20. The molecule has 0 radical (unpaired) electrons. The molecule has 4 heteroatoms. The fourth-order valence-electron chi connectivity index (χ4n) is 15.4. The van der Waals surface area contributed by atoms with Crippen molar-refractivity contribution in [3.63, 3.8) is 0 Å². The summed E-state index contributed by atoms with van der Waals surface area (Å²) in [6.07, 6.45) is 33.8. The third kappa shape index (κ3) is 9.04. The van der Waals surface area contributed by atoms with E-state index >= 15 is 0 Å². The van der Waals surface area contributed by atoms with Gasteiger partial charge in [-0.1, -0.05) is 202 Å². The van der Waals surface area contributed by atoms with E-state index in [2.05, 4.69) is 217 Å². The number of phenols is 1. The molecule has 0 saturated heterocycles. The molecule has 83 heavy (non-hydrogen) atoms. The first-order valence-electron chi connectivity index (χ1n) is 31.0. The zero-order chi connectivity index (χ0) is 55.5. The SMILES string of the molecule is C=CC1=C(c2cccc(-c3cccc(N(c4ccc(C5CCCCC5)cc4)c4ccc5ccc6c(N(C7=CC=C(C8CCCCC8)CC7)c7cccc8c9c(oc78)C(c7ccccc7C)CC=C9)ccc7ccc4c5c76)c3O)c2)CCC=C1. The highest BCUT2D eigenvalue weighted by molar-refractivity contribution is 6.28. The van der Waals surface area contributed by atoms with Gasteiger partial charge in [0.15, 0.2) is 5.58 Å². The van der Waals surface area contributed by atoms with Gasteiger partial charge in [-0.3, -0.25) is 0 Å². The molecule has 2 fully saturated rings. The summed E-state index contributed by atoms with van der Waals surface area (Å²) in [6, 6.07) is 58.5. The van der Waals surface area contributed by atoms with Gasteiger partial charge in [-0.25, -0.2) is 0 Å². The second-order valence-electron chi connectivity index (χ2n) is 24.3. The molecule has 0 spiro atoms. The van der Waals surface area contributed by atoms with Crippen LogP contribution in [0.15, 0.2) is 222 Å². The maximum atomic E-state index is 13.0. The molecule has 1 N–H and O–H groups in total. The normalized spacial score (nSPS) is 17.8. The molecule has 5 aliphatic carbocycles. The van der Waals surface area contributed by atoms with Crippen LogP contribution in [-0.4, -0.2) is 5.11 Å². The van der Waals surface area contributed by atoms with E-state index in [4.69, 9.17) is 4.42 Å². The van der Waals surface area contributed by atoms with E-state index in [-0.39, 0.29) is 11.7 Å². The highest BCUT2D eigenvalue weighted by atomic mass is 16.3. The van der Waals surface area contributed by atoms with Crippen LogP contribution in [0.1, 0.15) is 142 Å². The fourth-order valence-corrected chi connectivity index (χ4v) is 15.4. The number of rotatable bonds is 12. The summed E-state index contributed by atoms with van der Waals surface area (Å²) in [7, 11) is 0. The molecule has 1 aromatic heterocycles. The van der Waals surface area contributed by atoms with Crippen LogP contribution in [0.2, 0.25) is 0 Å². The number of aryl methyl sites for hydroxylation is 1.